The summed E-state index contributed by atoms with van der Waals surface area (Å²) in [6.45, 7) is 0. The summed E-state index contributed by atoms with van der Waals surface area (Å²) in [6, 6.07) is 9.35. The van der Waals surface area contributed by atoms with Crippen LogP contribution >= 0.6 is 0 Å². The minimum atomic E-state index is -0.823. The molecule has 5 nitrogen and oxygen atoms in total. The van der Waals surface area contributed by atoms with Crippen molar-refractivity contribution < 1.29 is 19.1 Å². The van der Waals surface area contributed by atoms with Crippen LogP contribution in [0.4, 0.5) is 10.1 Å². The van der Waals surface area contributed by atoms with E-state index in [0.717, 1.165) is 6.07 Å². The van der Waals surface area contributed by atoms with Gasteiger partial charge in [0.15, 0.2) is 0 Å². The molecule has 0 fully saturated rings. The first-order valence-corrected chi connectivity index (χ1v) is 5.67. The van der Waals surface area contributed by atoms with E-state index in [-0.39, 0.29) is 5.56 Å². The van der Waals surface area contributed by atoms with Gasteiger partial charge in [-0.1, -0.05) is 6.07 Å². The number of carbonyl (C=O) groups is 2. The number of primary amides is 1. The summed E-state index contributed by atoms with van der Waals surface area (Å²) in [5, 5.41) is 11.9. The van der Waals surface area contributed by atoms with Crippen LogP contribution in [0.1, 0.15) is 20.7 Å². The molecule has 2 amide bonds. The number of aromatic hydroxyl groups is 1. The maximum atomic E-state index is 13.5. The van der Waals surface area contributed by atoms with Crippen molar-refractivity contribution in [3.8, 4) is 5.75 Å². The summed E-state index contributed by atoms with van der Waals surface area (Å²) in [6.07, 6.45) is 0. The average molecular weight is 274 g/mol. The molecule has 0 radical (unpaired) electrons. The maximum absolute atomic E-state index is 13.5. The topological polar surface area (TPSA) is 92.4 Å². The van der Waals surface area contributed by atoms with Gasteiger partial charge in [0.25, 0.3) is 5.91 Å². The Kier molecular flexibility index (Phi) is 3.65. The van der Waals surface area contributed by atoms with Gasteiger partial charge in [-0.15, -0.1) is 0 Å². The van der Waals surface area contributed by atoms with Crippen molar-refractivity contribution >= 4 is 17.5 Å². The van der Waals surface area contributed by atoms with E-state index in [4.69, 9.17) is 5.73 Å². The Morgan fingerprint density at radius 3 is 2.30 bits per heavy atom. The van der Waals surface area contributed by atoms with E-state index < -0.39 is 28.9 Å². The van der Waals surface area contributed by atoms with Gasteiger partial charge in [-0.2, -0.15) is 0 Å². The van der Waals surface area contributed by atoms with Crippen LogP contribution in [0.25, 0.3) is 0 Å². The second-order valence-corrected chi connectivity index (χ2v) is 4.03. The standard InChI is InChI=1S/C14H11FN2O3/c15-10-2-1-3-11(18)12(10)14(20)17-9-6-4-8(5-7-9)13(16)19/h1-7,18H,(H2,16,19)(H,17,20). The number of rotatable bonds is 3. The first kappa shape index (κ1) is 13.5. The van der Waals surface area contributed by atoms with Crippen molar-refractivity contribution in [2.45, 2.75) is 0 Å². The number of benzene rings is 2. The van der Waals surface area contributed by atoms with Crippen molar-refractivity contribution in [1.82, 2.24) is 0 Å². The quantitative estimate of drug-likeness (QED) is 0.797. The van der Waals surface area contributed by atoms with E-state index in [1.165, 1.54) is 36.4 Å². The molecule has 0 saturated heterocycles. The molecule has 4 N–H and O–H groups in total. The lowest BCUT2D eigenvalue weighted by molar-refractivity contribution is 0.0997. The van der Waals surface area contributed by atoms with Crippen molar-refractivity contribution in [2.24, 2.45) is 5.73 Å². The third kappa shape index (κ3) is 2.74. The second kappa shape index (κ2) is 5.40. The zero-order chi connectivity index (χ0) is 14.7. The van der Waals surface area contributed by atoms with Crippen molar-refractivity contribution in [3.05, 3.63) is 59.4 Å². The number of phenolic OH excluding ortho intramolecular Hbond substituents is 1. The van der Waals surface area contributed by atoms with E-state index in [1.54, 1.807) is 0 Å². The monoisotopic (exact) mass is 274 g/mol. The van der Waals surface area contributed by atoms with Gasteiger partial charge in [-0.25, -0.2) is 4.39 Å². The van der Waals surface area contributed by atoms with Crippen LogP contribution in [0.15, 0.2) is 42.5 Å². The number of hydrogen-bond donors (Lipinski definition) is 3. The Morgan fingerprint density at radius 2 is 1.75 bits per heavy atom. The molecule has 0 heterocycles. The number of nitrogens with one attached hydrogen (secondary N) is 1. The van der Waals surface area contributed by atoms with Gasteiger partial charge in [0.1, 0.15) is 17.1 Å². The maximum Gasteiger partial charge on any atom is 0.262 e. The number of carbonyl (C=O) groups excluding carboxylic acids is 2. The van der Waals surface area contributed by atoms with Gasteiger partial charge in [-0.05, 0) is 36.4 Å². The van der Waals surface area contributed by atoms with Crippen LogP contribution < -0.4 is 11.1 Å². The fraction of sp³-hybridized carbons (Fsp3) is 0. The van der Waals surface area contributed by atoms with Crippen LogP contribution in [-0.4, -0.2) is 16.9 Å². The molecule has 0 aromatic heterocycles. The molecule has 2 rings (SSSR count). The zero-order valence-corrected chi connectivity index (χ0v) is 10.3. The van der Waals surface area contributed by atoms with Crippen molar-refractivity contribution in [2.75, 3.05) is 5.32 Å². The van der Waals surface area contributed by atoms with Crippen molar-refractivity contribution in [1.29, 1.82) is 0 Å². The van der Waals surface area contributed by atoms with Crippen LogP contribution in [0.3, 0.4) is 0 Å². The molecule has 0 spiro atoms. The molecule has 20 heavy (non-hydrogen) atoms. The summed E-state index contributed by atoms with van der Waals surface area (Å²) in [5.41, 5.74) is 5.29. The van der Waals surface area contributed by atoms with Gasteiger partial charge in [0.05, 0.1) is 0 Å². The van der Waals surface area contributed by atoms with E-state index in [1.807, 2.05) is 0 Å². The Balaban J connectivity index is 2.21. The van der Waals surface area contributed by atoms with Crippen LogP contribution in [0, 0.1) is 5.82 Å². The zero-order valence-electron chi connectivity index (χ0n) is 10.3. The SMILES string of the molecule is NC(=O)c1ccc(NC(=O)c2c(O)cccc2F)cc1. The highest BCUT2D eigenvalue weighted by Crippen LogP contribution is 2.21. The van der Waals surface area contributed by atoms with Crippen LogP contribution in [0.5, 0.6) is 5.75 Å². The highest BCUT2D eigenvalue weighted by atomic mass is 19.1. The van der Waals surface area contributed by atoms with Crippen LogP contribution in [-0.2, 0) is 0 Å². The number of amides is 2. The predicted molar refractivity (Wildman–Crippen MR) is 71.0 cm³/mol. The number of nitrogens with two attached hydrogens (primary N) is 1. The molecule has 0 aliphatic rings. The highest BCUT2D eigenvalue weighted by Gasteiger charge is 2.16. The van der Waals surface area contributed by atoms with Gasteiger partial charge in [0, 0.05) is 11.3 Å². The number of hydrogen-bond acceptors (Lipinski definition) is 3. The van der Waals surface area contributed by atoms with Crippen LogP contribution in [0.2, 0.25) is 0 Å². The third-order valence-corrected chi connectivity index (χ3v) is 2.65. The molecule has 0 atom stereocenters. The Hall–Kier alpha value is -2.89. The first-order chi connectivity index (χ1) is 9.49. The molecule has 2 aromatic carbocycles. The molecular weight excluding hydrogens is 263 g/mol. The lowest BCUT2D eigenvalue weighted by Gasteiger charge is -2.08. The Morgan fingerprint density at radius 1 is 1.10 bits per heavy atom. The van der Waals surface area contributed by atoms with E-state index in [9.17, 15) is 19.1 Å². The van der Waals surface area contributed by atoms with Gasteiger partial charge < -0.3 is 16.2 Å². The molecule has 0 bridgehead atoms. The number of halogens is 1. The lowest BCUT2D eigenvalue weighted by Crippen LogP contribution is -2.15. The molecule has 0 unspecified atom stereocenters. The third-order valence-electron chi connectivity index (χ3n) is 2.65. The largest absolute Gasteiger partial charge is 0.507 e. The minimum absolute atomic E-state index is 0.289. The summed E-state index contributed by atoms with van der Waals surface area (Å²) in [5.74, 6) is -2.64. The van der Waals surface area contributed by atoms with E-state index in [0.29, 0.717) is 5.69 Å². The van der Waals surface area contributed by atoms with E-state index in [2.05, 4.69) is 5.32 Å². The molecule has 0 saturated carbocycles. The van der Waals surface area contributed by atoms with Gasteiger partial charge in [0.2, 0.25) is 5.91 Å². The molecule has 2 aromatic rings. The summed E-state index contributed by atoms with van der Waals surface area (Å²) in [7, 11) is 0. The smallest absolute Gasteiger partial charge is 0.262 e. The highest BCUT2D eigenvalue weighted by molar-refractivity contribution is 6.06. The minimum Gasteiger partial charge on any atom is -0.507 e. The molecule has 0 aliphatic heterocycles. The summed E-state index contributed by atoms with van der Waals surface area (Å²) in [4.78, 5) is 22.8. The van der Waals surface area contributed by atoms with Crippen molar-refractivity contribution in [3.63, 3.8) is 0 Å². The molecular formula is C14H11FN2O3. The summed E-state index contributed by atoms with van der Waals surface area (Å²) < 4.78 is 13.5. The Labute approximate surface area is 113 Å². The predicted octanol–water partition coefficient (Wildman–Crippen LogP) is 1.88. The fourth-order valence-corrected chi connectivity index (χ4v) is 1.65. The fourth-order valence-electron chi connectivity index (χ4n) is 1.65. The first-order valence-electron chi connectivity index (χ1n) is 5.67. The molecule has 102 valence electrons. The normalized spacial score (nSPS) is 10.1. The molecule has 0 aliphatic carbocycles. The lowest BCUT2D eigenvalue weighted by atomic mass is 10.1. The number of phenols is 1. The van der Waals surface area contributed by atoms with Gasteiger partial charge >= 0.3 is 0 Å². The second-order valence-electron chi connectivity index (χ2n) is 4.03. The summed E-state index contributed by atoms with van der Waals surface area (Å²) >= 11 is 0. The average Bonchev–Trinajstić information content (AvgIpc) is 2.39. The van der Waals surface area contributed by atoms with E-state index >= 15 is 0 Å². The molecule has 6 heteroatoms. The van der Waals surface area contributed by atoms with Gasteiger partial charge in [-0.3, -0.25) is 9.59 Å². The number of anilines is 1. The Bertz CT molecular complexity index is 648.